The van der Waals surface area contributed by atoms with Crippen molar-refractivity contribution in [3.05, 3.63) is 70.5 Å². The van der Waals surface area contributed by atoms with E-state index in [4.69, 9.17) is 11.6 Å². The largest absolute Gasteiger partial charge is 0.387 e. The smallest absolute Gasteiger partial charge is 0.256 e. The summed E-state index contributed by atoms with van der Waals surface area (Å²) in [5.74, 6) is -1.69. The average molecular weight is 420 g/mol. The average Bonchev–Trinajstić information content (AvgIpc) is 2.73. The summed E-state index contributed by atoms with van der Waals surface area (Å²) >= 11 is 5.87. The molecule has 1 atom stereocenters. The van der Waals surface area contributed by atoms with Crippen LogP contribution in [0, 0.1) is 5.82 Å². The molecule has 0 spiro atoms. The van der Waals surface area contributed by atoms with Gasteiger partial charge in [-0.25, -0.2) is 4.39 Å². The molecule has 0 aliphatic carbocycles. The number of benzene rings is 2. The zero-order valence-electron chi connectivity index (χ0n) is 15.9. The van der Waals surface area contributed by atoms with Crippen molar-refractivity contribution < 1.29 is 19.1 Å². The van der Waals surface area contributed by atoms with E-state index in [0.29, 0.717) is 32.7 Å². The number of halogens is 2. The van der Waals surface area contributed by atoms with Crippen molar-refractivity contribution >= 4 is 23.4 Å². The molecule has 2 amide bonds. The monoisotopic (exact) mass is 419 g/mol. The maximum atomic E-state index is 13.8. The molecule has 154 valence electrons. The summed E-state index contributed by atoms with van der Waals surface area (Å²) < 4.78 is 13.8. The van der Waals surface area contributed by atoms with Crippen molar-refractivity contribution in [3.63, 3.8) is 0 Å². The van der Waals surface area contributed by atoms with Gasteiger partial charge in [0.1, 0.15) is 5.82 Å². The van der Waals surface area contributed by atoms with Crippen molar-refractivity contribution in [3.8, 4) is 0 Å². The normalized spacial score (nSPS) is 15.8. The molecular formula is C21H23ClFN3O3. The number of nitrogens with zero attached hydrogens (tertiary/aromatic N) is 2. The lowest BCUT2D eigenvalue weighted by Crippen LogP contribution is -2.51. The lowest BCUT2D eigenvalue weighted by Gasteiger charge is -2.35. The predicted molar refractivity (Wildman–Crippen MR) is 108 cm³/mol. The topological polar surface area (TPSA) is 72.9 Å². The standard InChI is InChI=1S/C21H23ClFN3O3/c22-16-7-4-8-17(23)20(16)21(29)24-13-19(28)26-11-9-25(10-12-26)14-18(27)15-5-2-1-3-6-15/h1-8,18,27H,9-14H2,(H,24,29). The van der Waals surface area contributed by atoms with E-state index >= 15 is 0 Å². The molecule has 0 aromatic heterocycles. The first-order valence-corrected chi connectivity index (χ1v) is 9.79. The molecule has 1 saturated heterocycles. The molecule has 1 fully saturated rings. The van der Waals surface area contributed by atoms with Gasteiger partial charge in [-0.2, -0.15) is 0 Å². The highest BCUT2D eigenvalue weighted by Gasteiger charge is 2.24. The number of amides is 2. The summed E-state index contributed by atoms with van der Waals surface area (Å²) in [4.78, 5) is 28.3. The molecule has 3 rings (SSSR count). The molecule has 8 heteroatoms. The zero-order chi connectivity index (χ0) is 20.8. The highest BCUT2D eigenvalue weighted by molar-refractivity contribution is 6.33. The van der Waals surface area contributed by atoms with Gasteiger partial charge in [0.25, 0.3) is 5.91 Å². The Labute approximate surface area is 173 Å². The first kappa shape index (κ1) is 21.2. The molecule has 1 aliphatic heterocycles. The van der Waals surface area contributed by atoms with E-state index < -0.39 is 17.8 Å². The van der Waals surface area contributed by atoms with Gasteiger partial charge in [-0.05, 0) is 17.7 Å². The van der Waals surface area contributed by atoms with Crippen LogP contribution in [0.2, 0.25) is 5.02 Å². The summed E-state index contributed by atoms with van der Waals surface area (Å²) in [5, 5.41) is 12.8. The Balaban J connectivity index is 1.45. The fraction of sp³-hybridized carbons (Fsp3) is 0.333. The number of β-amino-alcohol motifs (C(OH)–C–C–N with tert-alkyl or cyclic N) is 1. The second-order valence-corrected chi connectivity index (χ2v) is 7.29. The van der Waals surface area contributed by atoms with Gasteiger partial charge in [-0.15, -0.1) is 0 Å². The molecule has 2 N–H and O–H groups in total. The summed E-state index contributed by atoms with van der Waals surface area (Å²) in [5.41, 5.74) is 0.599. The second kappa shape index (κ2) is 9.82. The van der Waals surface area contributed by atoms with Crippen LogP contribution in [0.4, 0.5) is 4.39 Å². The summed E-state index contributed by atoms with van der Waals surface area (Å²) in [6, 6.07) is 13.4. The van der Waals surface area contributed by atoms with Gasteiger partial charge in [0.2, 0.25) is 5.91 Å². The van der Waals surface area contributed by atoms with Crippen molar-refractivity contribution in [2.45, 2.75) is 6.10 Å². The minimum atomic E-state index is -0.729. The fourth-order valence-electron chi connectivity index (χ4n) is 3.28. The number of carbonyl (C=O) groups excluding carboxylic acids is 2. The number of rotatable bonds is 6. The minimum absolute atomic E-state index is 0.000497. The fourth-order valence-corrected chi connectivity index (χ4v) is 3.52. The lowest BCUT2D eigenvalue weighted by molar-refractivity contribution is -0.132. The molecule has 6 nitrogen and oxygen atoms in total. The number of aliphatic hydroxyl groups excluding tert-OH is 1. The van der Waals surface area contributed by atoms with Crippen LogP contribution >= 0.6 is 11.6 Å². The van der Waals surface area contributed by atoms with Crippen LogP contribution in [0.15, 0.2) is 48.5 Å². The van der Waals surface area contributed by atoms with Crippen LogP contribution < -0.4 is 5.32 Å². The van der Waals surface area contributed by atoms with E-state index in [0.717, 1.165) is 11.6 Å². The number of nitrogens with one attached hydrogen (secondary N) is 1. The van der Waals surface area contributed by atoms with E-state index in [2.05, 4.69) is 10.2 Å². The molecule has 2 aromatic carbocycles. The Kier molecular flexibility index (Phi) is 7.19. The summed E-state index contributed by atoms with van der Waals surface area (Å²) in [6.45, 7) is 2.52. The number of piperazine rings is 1. The molecule has 1 unspecified atom stereocenters. The van der Waals surface area contributed by atoms with Crippen molar-refractivity contribution in [2.24, 2.45) is 0 Å². The Bertz CT molecular complexity index is 837. The Hall–Kier alpha value is -2.48. The number of hydrogen-bond donors (Lipinski definition) is 2. The predicted octanol–water partition coefficient (Wildman–Crippen LogP) is 2.09. The highest BCUT2D eigenvalue weighted by atomic mass is 35.5. The third-order valence-electron chi connectivity index (χ3n) is 4.93. The maximum absolute atomic E-state index is 13.8. The molecule has 0 radical (unpaired) electrons. The van der Waals surface area contributed by atoms with Crippen molar-refractivity contribution in [2.75, 3.05) is 39.3 Å². The lowest BCUT2D eigenvalue weighted by atomic mass is 10.1. The van der Waals surface area contributed by atoms with E-state index in [1.807, 2.05) is 30.3 Å². The van der Waals surface area contributed by atoms with Crippen LogP contribution in [0.25, 0.3) is 0 Å². The van der Waals surface area contributed by atoms with Crippen LogP contribution in [0.1, 0.15) is 22.0 Å². The Morgan fingerprint density at radius 1 is 1.07 bits per heavy atom. The third-order valence-corrected chi connectivity index (χ3v) is 5.25. The number of aliphatic hydroxyl groups is 1. The molecule has 1 aliphatic rings. The highest BCUT2D eigenvalue weighted by Crippen LogP contribution is 2.18. The van der Waals surface area contributed by atoms with Crippen LogP contribution in [0.5, 0.6) is 0 Å². The molecular weight excluding hydrogens is 397 g/mol. The quantitative estimate of drug-likeness (QED) is 0.752. The zero-order valence-corrected chi connectivity index (χ0v) is 16.6. The first-order valence-electron chi connectivity index (χ1n) is 9.41. The van der Waals surface area contributed by atoms with E-state index in [9.17, 15) is 19.1 Å². The van der Waals surface area contributed by atoms with E-state index in [1.165, 1.54) is 12.1 Å². The first-order chi connectivity index (χ1) is 14.0. The number of carbonyl (C=O) groups is 2. The Morgan fingerprint density at radius 2 is 1.76 bits per heavy atom. The second-order valence-electron chi connectivity index (χ2n) is 6.89. The molecule has 2 aromatic rings. The summed E-state index contributed by atoms with van der Waals surface area (Å²) in [6.07, 6.45) is -0.580. The Morgan fingerprint density at radius 3 is 2.41 bits per heavy atom. The summed E-state index contributed by atoms with van der Waals surface area (Å²) in [7, 11) is 0. The van der Waals surface area contributed by atoms with Gasteiger partial charge in [0.15, 0.2) is 0 Å². The van der Waals surface area contributed by atoms with Crippen LogP contribution in [-0.4, -0.2) is 66.0 Å². The van der Waals surface area contributed by atoms with Crippen molar-refractivity contribution in [1.29, 1.82) is 0 Å². The van der Waals surface area contributed by atoms with Crippen LogP contribution in [-0.2, 0) is 4.79 Å². The van der Waals surface area contributed by atoms with E-state index in [1.54, 1.807) is 4.90 Å². The van der Waals surface area contributed by atoms with Crippen molar-refractivity contribution in [1.82, 2.24) is 15.1 Å². The SMILES string of the molecule is O=C(NCC(=O)N1CCN(CC(O)c2ccccc2)CC1)c1c(F)cccc1Cl. The van der Waals surface area contributed by atoms with Crippen LogP contribution in [0.3, 0.4) is 0 Å². The van der Waals surface area contributed by atoms with Gasteiger partial charge in [-0.1, -0.05) is 48.0 Å². The minimum Gasteiger partial charge on any atom is -0.387 e. The third kappa shape index (κ3) is 5.53. The molecule has 0 bridgehead atoms. The van der Waals surface area contributed by atoms with Gasteiger partial charge in [-0.3, -0.25) is 14.5 Å². The molecule has 1 heterocycles. The molecule has 0 saturated carbocycles. The van der Waals surface area contributed by atoms with Gasteiger partial charge in [0, 0.05) is 32.7 Å². The molecule has 29 heavy (non-hydrogen) atoms. The number of hydrogen-bond acceptors (Lipinski definition) is 4. The van der Waals surface area contributed by atoms with Gasteiger partial charge >= 0.3 is 0 Å². The van der Waals surface area contributed by atoms with E-state index in [-0.39, 0.29) is 23.0 Å². The van der Waals surface area contributed by atoms with Gasteiger partial charge in [0.05, 0.1) is 23.2 Å². The maximum Gasteiger partial charge on any atom is 0.256 e. The van der Waals surface area contributed by atoms with Gasteiger partial charge < -0.3 is 15.3 Å².